The highest BCUT2D eigenvalue weighted by Gasteiger charge is 2.12. The summed E-state index contributed by atoms with van der Waals surface area (Å²) in [6.07, 6.45) is 2.29. The summed E-state index contributed by atoms with van der Waals surface area (Å²) in [5.74, 6) is 0.167. The molecule has 0 heterocycles. The highest BCUT2D eigenvalue weighted by atomic mass is 16.4. The molecule has 0 bridgehead atoms. The van der Waals surface area contributed by atoms with Crippen molar-refractivity contribution in [1.82, 2.24) is 0 Å². The molecule has 0 spiro atoms. The van der Waals surface area contributed by atoms with Gasteiger partial charge in [0.25, 0.3) is 0 Å². The van der Waals surface area contributed by atoms with Crippen molar-refractivity contribution < 1.29 is 5.21 Å². The van der Waals surface area contributed by atoms with Crippen molar-refractivity contribution >= 4 is 11.5 Å². The zero-order chi connectivity index (χ0) is 13.5. The second-order valence-electron chi connectivity index (χ2n) is 4.44. The summed E-state index contributed by atoms with van der Waals surface area (Å²) in [5, 5.41) is 12.0. The minimum Gasteiger partial charge on any atom is -0.409 e. The van der Waals surface area contributed by atoms with E-state index in [1.807, 2.05) is 19.1 Å². The van der Waals surface area contributed by atoms with Crippen LogP contribution in [0.25, 0.3) is 0 Å². The summed E-state index contributed by atoms with van der Waals surface area (Å²) >= 11 is 0. The van der Waals surface area contributed by atoms with Gasteiger partial charge in [0, 0.05) is 24.3 Å². The van der Waals surface area contributed by atoms with Crippen molar-refractivity contribution in [1.29, 1.82) is 0 Å². The Morgan fingerprint density at radius 3 is 2.67 bits per heavy atom. The molecule has 1 aromatic rings. The standard InChI is InChI=1S/C14H23N3O/c1-4-6-9-17(5-2)13-10-11(3)7-8-12(13)14(15)16-18/h7-8,10,18H,4-6,9H2,1-3H3,(H2,15,16). The SMILES string of the molecule is CCCCN(CC)c1cc(C)ccc1C(N)=NO. The van der Waals surface area contributed by atoms with Gasteiger partial charge in [0.15, 0.2) is 5.84 Å². The molecular weight excluding hydrogens is 226 g/mol. The first-order chi connectivity index (χ1) is 8.63. The zero-order valence-electron chi connectivity index (χ0n) is 11.5. The summed E-state index contributed by atoms with van der Waals surface area (Å²) in [6, 6.07) is 5.98. The van der Waals surface area contributed by atoms with E-state index in [1.54, 1.807) is 0 Å². The minimum atomic E-state index is 0.167. The molecule has 0 aliphatic rings. The third kappa shape index (κ3) is 3.39. The van der Waals surface area contributed by atoms with Crippen molar-refractivity contribution in [2.75, 3.05) is 18.0 Å². The molecule has 0 atom stereocenters. The lowest BCUT2D eigenvalue weighted by Crippen LogP contribution is -2.27. The second kappa shape index (κ2) is 6.89. The molecule has 0 saturated carbocycles. The van der Waals surface area contributed by atoms with E-state index in [-0.39, 0.29) is 5.84 Å². The fourth-order valence-electron chi connectivity index (χ4n) is 1.97. The molecule has 0 saturated heterocycles. The fourth-order valence-corrected chi connectivity index (χ4v) is 1.97. The molecule has 1 aromatic carbocycles. The maximum absolute atomic E-state index is 8.86. The number of nitrogens with two attached hydrogens (primary N) is 1. The van der Waals surface area contributed by atoms with Crippen LogP contribution in [0.5, 0.6) is 0 Å². The van der Waals surface area contributed by atoms with Gasteiger partial charge in [0.1, 0.15) is 0 Å². The molecule has 4 heteroatoms. The van der Waals surface area contributed by atoms with Gasteiger partial charge in [-0.1, -0.05) is 24.6 Å². The maximum Gasteiger partial charge on any atom is 0.172 e. The lowest BCUT2D eigenvalue weighted by atomic mass is 10.1. The predicted molar refractivity (Wildman–Crippen MR) is 76.5 cm³/mol. The quantitative estimate of drug-likeness (QED) is 0.353. The molecule has 0 aromatic heterocycles. The predicted octanol–water partition coefficient (Wildman–Crippen LogP) is 2.72. The zero-order valence-corrected chi connectivity index (χ0v) is 11.5. The Kier molecular flexibility index (Phi) is 5.49. The van der Waals surface area contributed by atoms with E-state index in [9.17, 15) is 0 Å². The van der Waals surface area contributed by atoms with Gasteiger partial charge in [-0.15, -0.1) is 0 Å². The van der Waals surface area contributed by atoms with E-state index in [0.717, 1.165) is 37.2 Å². The van der Waals surface area contributed by atoms with Gasteiger partial charge in [-0.3, -0.25) is 0 Å². The summed E-state index contributed by atoms with van der Waals surface area (Å²) < 4.78 is 0. The van der Waals surface area contributed by atoms with Crippen LogP contribution in [0.1, 0.15) is 37.8 Å². The molecule has 0 unspecified atom stereocenters. The number of oxime groups is 1. The third-order valence-corrected chi connectivity index (χ3v) is 3.04. The van der Waals surface area contributed by atoms with Crippen LogP contribution in [0, 0.1) is 6.92 Å². The molecule has 1 rings (SSSR count). The molecule has 100 valence electrons. The number of rotatable bonds is 6. The van der Waals surface area contributed by atoms with Crippen molar-refractivity contribution in [3.05, 3.63) is 29.3 Å². The Balaban J connectivity index is 3.13. The first-order valence-electron chi connectivity index (χ1n) is 6.47. The molecule has 0 aliphatic heterocycles. The lowest BCUT2D eigenvalue weighted by molar-refractivity contribution is 0.318. The third-order valence-electron chi connectivity index (χ3n) is 3.04. The number of unbranched alkanes of at least 4 members (excludes halogenated alkanes) is 1. The van der Waals surface area contributed by atoms with Crippen LogP contribution in [0.15, 0.2) is 23.4 Å². The molecule has 18 heavy (non-hydrogen) atoms. The first-order valence-corrected chi connectivity index (χ1v) is 6.47. The normalized spacial score (nSPS) is 11.6. The van der Waals surface area contributed by atoms with Crippen molar-refractivity contribution in [2.24, 2.45) is 10.9 Å². The van der Waals surface area contributed by atoms with Gasteiger partial charge in [0.2, 0.25) is 0 Å². The molecule has 0 fully saturated rings. The van der Waals surface area contributed by atoms with Gasteiger partial charge >= 0.3 is 0 Å². The second-order valence-corrected chi connectivity index (χ2v) is 4.44. The number of benzene rings is 1. The Hall–Kier alpha value is -1.71. The van der Waals surface area contributed by atoms with Crippen LogP contribution in [0.4, 0.5) is 5.69 Å². The lowest BCUT2D eigenvalue weighted by Gasteiger charge is -2.25. The summed E-state index contributed by atoms with van der Waals surface area (Å²) in [6.45, 7) is 8.24. The van der Waals surface area contributed by atoms with Gasteiger partial charge in [-0.25, -0.2) is 0 Å². The number of nitrogens with zero attached hydrogens (tertiary/aromatic N) is 2. The smallest absolute Gasteiger partial charge is 0.172 e. The Labute approximate surface area is 109 Å². The van der Waals surface area contributed by atoms with Crippen molar-refractivity contribution in [2.45, 2.75) is 33.6 Å². The van der Waals surface area contributed by atoms with Gasteiger partial charge in [-0.2, -0.15) is 0 Å². The van der Waals surface area contributed by atoms with E-state index < -0.39 is 0 Å². The van der Waals surface area contributed by atoms with Crippen molar-refractivity contribution in [3.8, 4) is 0 Å². The van der Waals surface area contributed by atoms with Crippen LogP contribution < -0.4 is 10.6 Å². The van der Waals surface area contributed by atoms with E-state index in [4.69, 9.17) is 10.9 Å². The van der Waals surface area contributed by atoms with E-state index >= 15 is 0 Å². The fraction of sp³-hybridized carbons (Fsp3) is 0.500. The van der Waals surface area contributed by atoms with E-state index in [2.05, 4.69) is 30.0 Å². The minimum absolute atomic E-state index is 0.167. The monoisotopic (exact) mass is 249 g/mol. The van der Waals surface area contributed by atoms with Crippen LogP contribution in [-0.2, 0) is 0 Å². The highest BCUT2D eigenvalue weighted by Crippen LogP contribution is 2.22. The molecule has 0 amide bonds. The van der Waals surface area contributed by atoms with Gasteiger partial charge in [0.05, 0.1) is 0 Å². The Morgan fingerprint density at radius 1 is 1.39 bits per heavy atom. The van der Waals surface area contributed by atoms with Crippen LogP contribution >= 0.6 is 0 Å². The number of hydrogen-bond acceptors (Lipinski definition) is 3. The molecule has 0 radical (unpaired) electrons. The van der Waals surface area contributed by atoms with Crippen LogP contribution in [0.2, 0.25) is 0 Å². The molecule has 0 aliphatic carbocycles. The Bertz CT molecular complexity index is 416. The van der Waals surface area contributed by atoms with Crippen LogP contribution in [0.3, 0.4) is 0 Å². The topological polar surface area (TPSA) is 61.8 Å². The van der Waals surface area contributed by atoms with Crippen molar-refractivity contribution in [3.63, 3.8) is 0 Å². The largest absolute Gasteiger partial charge is 0.409 e. The number of amidine groups is 1. The summed E-state index contributed by atoms with van der Waals surface area (Å²) in [7, 11) is 0. The number of anilines is 1. The van der Waals surface area contributed by atoms with Gasteiger partial charge in [-0.05, 0) is 38.0 Å². The summed E-state index contributed by atoms with van der Waals surface area (Å²) in [5.41, 5.74) is 8.75. The number of aryl methyl sites for hydroxylation is 1. The average Bonchev–Trinajstić information content (AvgIpc) is 2.39. The van der Waals surface area contributed by atoms with Crippen LogP contribution in [-0.4, -0.2) is 24.1 Å². The molecule has 3 N–H and O–H groups in total. The summed E-state index contributed by atoms with van der Waals surface area (Å²) in [4.78, 5) is 2.27. The Morgan fingerprint density at radius 2 is 2.11 bits per heavy atom. The maximum atomic E-state index is 8.86. The average molecular weight is 249 g/mol. The highest BCUT2D eigenvalue weighted by molar-refractivity contribution is 6.02. The first kappa shape index (κ1) is 14.4. The van der Waals surface area contributed by atoms with E-state index in [0.29, 0.717) is 0 Å². The molecular formula is C14H23N3O. The molecule has 4 nitrogen and oxygen atoms in total. The number of hydrogen-bond donors (Lipinski definition) is 2. The van der Waals surface area contributed by atoms with E-state index in [1.165, 1.54) is 5.56 Å². The van der Waals surface area contributed by atoms with Gasteiger partial charge < -0.3 is 15.8 Å².